The SMILES string of the molecule is CC1CCC(C)N(c2cccc(F)c2N)C1. The number of rotatable bonds is 1. The van der Waals surface area contributed by atoms with Gasteiger partial charge in [-0.25, -0.2) is 4.39 Å². The van der Waals surface area contributed by atoms with E-state index in [9.17, 15) is 4.39 Å². The molecule has 0 radical (unpaired) electrons. The maximum atomic E-state index is 13.4. The van der Waals surface area contributed by atoms with Crippen LogP contribution in [0.15, 0.2) is 18.2 Å². The summed E-state index contributed by atoms with van der Waals surface area (Å²) in [7, 11) is 0. The molecular weight excluding hydrogens is 203 g/mol. The fourth-order valence-corrected chi connectivity index (χ4v) is 2.40. The molecule has 2 atom stereocenters. The summed E-state index contributed by atoms with van der Waals surface area (Å²) in [5.41, 5.74) is 6.93. The predicted molar refractivity (Wildman–Crippen MR) is 66.0 cm³/mol. The molecule has 1 saturated heterocycles. The van der Waals surface area contributed by atoms with Crippen molar-refractivity contribution in [2.24, 2.45) is 5.92 Å². The second kappa shape index (κ2) is 4.32. The van der Waals surface area contributed by atoms with Crippen molar-refractivity contribution in [1.82, 2.24) is 0 Å². The minimum absolute atomic E-state index is 0.281. The maximum absolute atomic E-state index is 13.4. The van der Waals surface area contributed by atoms with Crippen LogP contribution >= 0.6 is 0 Å². The van der Waals surface area contributed by atoms with Gasteiger partial charge in [-0.3, -0.25) is 0 Å². The molecule has 1 aromatic carbocycles. The van der Waals surface area contributed by atoms with Crippen LogP contribution in [0.4, 0.5) is 15.8 Å². The van der Waals surface area contributed by atoms with Gasteiger partial charge < -0.3 is 10.6 Å². The van der Waals surface area contributed by atoms with Crippen molar-refractivity contribution < 1.29 is 4.39 Å². The normalized spacial score (nSPS) is 25.8. The van der Waals surface area contributed by atoms with Gasteiger partial charge in [0.2, 0.25) is 0 Å². The van der Waals surface area contributed by atoms with Crippen LogP contribution in [0, 0.1) is 11.7 Å². The van der Waals surface area contributed by atoms with Crippen LogP contribution in [0.25, 0.3) is 0 Å². The quantitative estimate of drug-likeness (QED) is 0.740. The largest absolute Gasteiger partial charge is 0.395 e. The lowest BCUT2D eigenvalue weighted by Gasteiger charge is -2.39. The third-order valence-corrected chi connectivity index (χ3v) is 3.46. The highest BCUT2D eigenvalue weighted by molar-refractivity contribution is 5.68. The first-order valence-electron chi connectivity index (χ1n) is 5.90. The summed E-state index contributed by atoms with van der Waals surface area (Å²) in [6.07, 6.45) is 2.39. The lowest BCUT2D eigenvalue weighted by Crippen LogP contribution is -2.41. The van der Waals surface area contributed by atoms with E-state index in [-0.39, 0.29) is 11.5 Å². The number of piperidine rings is 1. The Labute approximate surface area is 96.2 Å². The fraction of sp³-hybridized carbons (Fsp3) is 0.538. The molecule has 1 fully saturated rings. The molecule has 2 rings (SSSR count). The standard InChI is InChI=1S/C13H19FN2/c1-9-6-7-10(2)16(8-9)12-5-3-4-11(14)13(12)15/h3-5,9-10H,6-8,15H2,1-2H3. The minimum Gasteiger partial charge on any atom is -0.395 e. The molecular formula is C13H19FN2. The van der Waals surface area contributed by atoms with Gasteiger partial charge in [-0.1, -0.05) is 13.0 Å². The van der Waals surface area contributed by atoms with E-state index >= 15 is 0 Å². The first kappa shape index (κ1) is 11.2. The number of hydrogen-bond acceptors (Lipinski definition) is 2. The summed E-state index contributed by atoms with van der Waals surface area (Å²) in [4.78, 5) is 2.23. The highest BCUT2D eigenvalue weighted by Crippen LogP contribution is 2.32. The predicted octanol–water partition coefficient (Wildman–Crippen LogP) is 3.03. The van der Waals surface area contributed by atoms with Crippen LogP contribution < -0.4 is 10.6 Å². The van der Waals surface area contributed by atoms with Crippen molar-refractivity contribution in [3.8, 4) is 0 Å². The number of benzene rings is 1. The van der Waals surface area contributed by atoms with Crippen LogP contribution in [-0.4, -0.2) is 12.6 Å². The van der Waals surface area contributed by atoms with Gasteiger partial charge in [-0.15, -0.1) is 0 Å². The number of para-hydroxylation sites is 1. The molecule has 2 unspecified atom stereocenters. The van der Waals surface area contributed by atoms with Crippen LogP contribution in [0.2, 0.25) is 0 Å². The first-order chi connectivity index (χ1) is 7.59. The van der Waals surface area contributed by atoms with Gasteiger partial charge in [-0.05, 0) is 37.8 Å². The molecule has 88 valence electrons. The average Bonchev–Trinajstić information content (AvgIpc) is 2.26. The summed E-state index contributed by atoms with van der Waals surface area (Å²) < 4.78 is 13.4. The summed E-state index contributed by atoms with van der Waals surface area (Å²) in [6.45, 7) is 5.37. The zero-order valence-electron chi connectivity index (χ0n) is 9.91. The molecule has 0 spiro atoms. The Kier molecular flexibility index (Phi) is 3.03. The zero-order chi connectivity index (χ0) is 11.7. The van der Waals surface area contributed by atoms with Gasteiger partial charge >= 0.3 is 0 Å². The monoisotopic (exact) mass is 222 g/mol. The van der Waals surface area contributed by atoms with Gasteiger partial charge in [0, 0.05) is 12.6 Å². The molecule has 1 heterocycles. The van der Waals surface area contributed by atoms with Crippen molar-refractivity contribution in [2.45, 2.75) is 32.7 Å². The van der Waals surface area contributed by atoms with E-state index in [0.717, 1.165) is 18.7 Å². The molecule has 0 aliphatic carbocycles. The Hall–Kier alpha value is -1.25. The Balaban J connectivity index is 2.31. The minimum atomic E-state index is -0.317. The van der Waals surface area contributed by atoms with Crippen molar-refractivity contribution in [3.05, 3.63) is 24.0 Å². The van der Waals surface area contributed by atoms with Crippen molar-refractivity contribution in [3.63, 3.8) is 0 Å². The Morgan fingerprint density at radius 2 is 2.06 bits per heavy atom. The lowest BCUT2D eigenvalue weighted by molar-refractivity contribution is 0.390. The molecule has 1 aliphatic rings. The molecule has 1 aliphatic heterocycles. The van der Waals surface area contributed by atoms with Crippen LogP contribution in [0.1, 0.15) is 26.7 Å². The van der Waals surface area contributed by atoms with E-state index in [0.29, 0.717) is 12.0 Å². The van der Waals surface area contributed by atoms with Gasteiger partial charge in [0.1, 0.15) is 5.82 Å². The zero-order valence-corrected chi connectivity index (χ0v) is 9.91. The average molecular weight is 222 g/mol. The van der Waals surface area contributed by atoms with Crippen LogP contribution in [0.3, 0.4) is 0 Å². The molecule has 2 N–H and O–H groups in total. The van der Waals surface area contributed by atoms with E-state index in [1.54, 1.807) is 6.07 Å². The summed E-state index contributed by atoms with van der Waals surface area (Å²) >= 11 is 0. The number of anilines is 2. The fourth-order valence-electron chi connectivity index (χ4n) is 2.40. The van der Waals surface area contributed by atoms with E-state index in [1.807, 2.05) is 6.07 Å². The molecule has 0 aromatic heterocycles. The molecule has 0 amide bonds. The highest BCUT2D eigenvalue weighted by Gasteiger charge is 2.24. The van der Waals surface area contributed by atoms with Crippen molar-refractivity contribution in [1.29, 1.82) is 0 Å². The summed E-state index contributed by atoms with van der Waals surface area (Å²) in [6, 6.07) is 5.50. The molecule has 16 heavy (non-hydrogen) atoms. The van der Waals surface area contributed by atoms with Gasteiger partial charge in [-0.2, -0.15) is 0 Å². The third kappa shape index (κ3) is 1.99. The smallest absolute Gasteiger partial charge is 0.148 e. The number of halogens is 1. The van der Waals surface area contributed by atoms with Crippen LogP contribution in [-0.2, 0) is 0 Å². The maximum Gasteiger partial charge on any atom is 0.148 e. The number of nitrogens with zero attached hydrogens (tertiary/aromatic N) is 1. The summed E-state index contributed by atoms with van der Waals surface area (Å²) in [5, 5.41) is 0. The Bertz CT molecular complexity index is 378. The number of nitrogen functional groups attached to an aromatic ring is 1. The molecule has 1 aromatic rings. The van der Waals surface area contributed by atoms with Gasteiger partial charge in [0.15, 0.2) is 0 Å². The Morgan fingerprint density at radius 1 is 1.31 bits per heavy atom. The van der Waals surface area contributed by atoms with Crippen LogP contribution in [0.5, 0.6) is 0 Å². The third-order valence-electron chi connectivity index (χ3n) is 3.46. The second-order valence-corrected chi connectivity index (χ2v) is 4.86. The first-order valence-corrected chi connectivity index (χ1v) is 5.90. The summed E-state index contributed by atoms with van der Waals surface area (Å²) in [5.74, 6) is 0.335. The topological polar surface area (TPSA) is 29.3 Å². The van der Waals surface area contributed by atoms with E-state index in [1.165, 1.54) is 12.5 Å². The highest BCUT2D eigenvalue weighted by atomic mass is 19.1. The lowest BCUT2D eigenvalue weighted by atomic mass is 9.94. The van der Waals surface area contributed by atoms with Gasteiger partial charge in [0.25, 0.3) is 0 Å². The van der Waals surface area contributed by atoms with Gasteiger partial charge in [0.05, 0.1) is 11.4 Å². The van der Waals surface area contributed by atoms with Crippen molar-refractivity contribution >= 4 is 11.4 Å². The Morgan fingerprint density at radius 3 is 2.81 bits per heavy atom. The molecule has 0 bridgehead atoms. The number of hydrogen-bond donors (Lipinski definition) is 1. The van der Waals surface area contributed by atoms with E-state index < -0.39 is 0 Å². The number of nitrogens with two attached hydrogens (primary N) is 1. The second-order valence-electron chi connectivity index (χ2n) is 4.86. The molecule has 3 heteroatoms. The molecule has 0 saturated carbocycles. The van der Waals surface area contributed by atoms with E-state index in [4.69, 9.17) is 5.73 Å². The molecule has 2 nitrogen and oxygen atoms in total. The van der Waals surface area contributed by atoms with E-state index in [2.05, 4.69) is 18.7 Å². The van der Waals surface area contributed by atoms with Crippen molar-refractivity contribution in [2.75, 3.05) is 17.2 Å².